The first-order valence-corrected chi connectivity index (χ1v) is 8.04. The Balaban J connectivity index is 1.87. The zero-order valence-electron chi connectivity index (χ0n) is 13.2. The Morgan fingerprint density at radius 3 is 2.74 bits per heavy atom. The van der Waals surface area contributed by atoms with Crippen molar-refractivity contribution >= 4 is 12.0 Å². The van der Waals surface area contributed by atoms with Gasteiger partial charge in [-0.1, -0.05) is 30.3 Å². The summed E-state index contributed by atoms with van der Waals surface area (Å²) in [6.45, 7) is 1.28. The fourth-order valence-corrected chi connectivity index (χ4v) is 2.69. The minimum Gasteiger partial charge on any atom is -0.481 e. The molecule has 1 aliphatic rings. The molecule has 1 fully saturated rings. The first-order valence-electron chi connectivity index (χ1n) is 8.04. The van der Waals surface area contributed by atoms with Crippen LogP contribution < -0.4 is 10.6 Å². The van der Waals surface area contributed by atoms with Crippen molar-refractivity contribution in [2.75, 3.05) is 13.2 Å². The molecular formula is C17H24N2O4. The summed E-state index contributed by atoms with van der Waals surface area (Å²) in [5.41, 5.74) is 1.07. The Labute approximate surface area is 136 Å². The number of ether oxygens (including phenoxy) is 1. The van der Waals surface area contributed by atoms with E-state index in [0.29, 0.717) is 19.4 Å². The maximum atomic E-state index is 12.1. The number of carboxylic acid groups (broad SMARTS) is 1. The molecule has 1 aliphatic heterocycles. The summed E-state index contributed by atoms with van der Waals surface area (Å²) in [5.74, 6) is -0.856. The van der Waals surface area contributed by atoms with Crippen LogP contribution in [-0.2, 0) is 16.0 Å². The number of hydrogen-bond acceptors (Lipinski definition) is 3. The van der Waals surface area contributed by atoms with Gasteiger partial charge in [0.15, 0.2) is 0 Å². The molecule has 2 rings (SSSR count). The Bertz CT molecular complexity index is 501. The molecule has 6 nitrogen and oxygen atoms in total. The fourth-order valence-electron chi connectivity index (χ4n) is 2.69. The van der Waals surface area contributed by atoms with Crippen LogP contribution in [0.1, 0.15) is 31.2 Å². The molecule has 0 saturated carbocycles. The maximum Gasteiger partial charge on any atom is 0.315 e. The normalized spacial score (nSPS) is 18.9. The molecule has 2 atom stereocenters. The highest BCUT2D eigenvalue weighted by atomic mass is 16.5. The standard InChI is InChI=1S/C17H24N2O4/c20-16(21)9-8-14(11-13-5-2-1-3-6-13)18-17(22)19-15-7-4-10-23-12-15/h1-3,5-6,14-15H,4,7-12H2,(H,20,21)(H2,18,19,22)/t14?,15-/m0/s1. The van der Waals surface area contributed by atoms with Gasteiger partial charge in [0, 0.05) is 19.1 Å². The van der Waals surface area contributed by atoms with Gasteiger partial charge in [0.1, 0.15) is 0 Å². The van der Waals surface area contributed by atoms with Gasteiger partial charge in [0.05, 0.1) is 12.6 Å². The van der Waals surface area contributed by atoms with Gasteiger partial charge in [-0.2, -0.15) is 0 Å². The molecule has 3 N–H and O–H groups in total. The minimum atomic E-state index is -0.856. The fraction of sp³-hybridized carbons (Fsp3) is 0.529. The first-order chi connectivity index (χ1) is 11.1. The maximum absolute atomic E-state index is 12.1. The third kappa shape index (κ3) is 6.69. The van der Waals surface area contributed by atoms with Crippen molar-refractivity contribution in [2.24, 2.45) is 0 Å². The van der Waals surface area contributed by atoms with Crippen molar-refractivity contribution in [1.29, 1.82) is 0 Å². The first kappa shape index (κ1) is 17.3. The van der Waals surface area contributed by atoms with Crippen LogP contribution in [0.4, 0.5) is 4.79 Å². The van der Waals surface area contributed by atoms with Gasteiger partial charge in [-0.3, -0.25) is 4.79 Å². The molecule has 0 bridgehead atoms. The Hall–Kier alpha value is -2.08. The summed E-state index contributed by atoms with van der Waals surface area (Å²) >= 11 is 0. The molecule has 1 aromatic carbocycles. The second-order valence-electron chi connectivity index (χ2n) is 5.85. The van der Waals surface area contributed by atoms with E-state index in [2.05, 4.69) is 10.6 Å². The van der Waals surface area contributed by atoms with Crippen LogP contribution in [0, 0.1) is 0 Å². The van der Waals surface area contributed by atoms with Gasteiger partial charge in [-0.25, -0.2) is 4.79 Å². The molecule has 6 heteroatoms. The molecule has 0 aliphatic carbocycles. The summed E-state index contributed by atoms with van der Waals surface area (Å²) < 4.78 is 5.34. The summed E-state index contributed by atoms with van der Waals surface area (Å²) in [5, 5.41) is 14.7. The number of carboxylic acids is 1. The van der Waals surface area contributed by atoms with Gasteiger partial charge in [-0.05, 0) is 31.2 Å². The molecule has 0 spiro atoms. The number of amides is 2. The molecule has 1 saturated heterocycles. The third-order valence-electron chi connectivity index (χ3n) is 3.86. The van der Waals surface area contributed by atoms with Crippen molar-refractivity contribution in [3.05, 3.63) is 35.9 Å². The molecule has 2 amide bonds. The summed E-state index contributed by atoms with van der Waals surface area (Å²) in [6.07, 6.45) is 2.90. The van der Waals surface area contributed by atoms with Gasteiger partial charge in [-0.15, -0.1) is 0 Å². The zero-order valence-corrected chi connectivity index (χ0v) is 13.2. The van der Waals surface area contributed by atoms with Crippen molar-refractivity contribution in [2.45, 2.75) is 44.2 Å². The van der Waals surface area contributed by atoms with Crippen LogP contribution in [0.5, 0.6) is 0 Å². The number of carbonyl (C=O) groups excluding carboxylic acids is 1. The van der Waals surface area contributed by atoms with Crippen LogP contribution in [0.25, 0.3) is 0 Å². The number of nitrogens with one attached hydrogen (secondary N) is 2. The molecule has 1 aromatic rings. The molecule has 23 heavy (non-hydrogen) atoms. The van der Waals surface area contributed by atoms with E-state index in [-0.39, 0.29) is 24.5 Å². The van der Waals surface area contributed by atoms with Crippen molar-refractivity contribution < 1.29 is 19.4 Å². The Morgan fingerprint density at radius 1 is 1.30 bits per heavy atom. The lowest BCUT2D eigenvalue weighted by molar-refractivity contribution is -0.137. The largest absolute Gasteiger partial charge is 0.481 e. The van der Waals surface area contributed by atoms with Crippen molar-refractivity contribution in [3.8, 4) is 0 Å². The van der Waals surface area contributed by atoms with E-state index in [9.17, 15) is 9.59 Å². The second-order valence-corrected chi connectivity index (χ2v) is 5.85. The van der Waals surface area contributed by atoms with Crippen LogP contribution in [0.3, 0.4) is 0 Å². The monoisotopic (exact) mass is 320 g/mol. The van der Waals surface area contributed by atoms with E-state index in [0.717, 1.165) is 25.0 Å². The topological polar surface area (TPSA) is 87.7 Å². The average Bonchev–Trinajstić information content (AvgIpc) is 2.54. The average molecular weight is 320 g/mol. The molecule has 0 aromatic heterocycles. The second kappa shape index (κ2) is 9.15. The van der Waals surface area contributed by atoms with E-state index in [1.807, 2.05) is 30.3 Å². The van der Waals surface area contributed by atoms with Gasteiger partial charge < -0.3 is 20.5 Å². The Kier molecular flexibility index (Phi) is 6.87. The number of rotatable bonds is 7. The van der Waals surface area contributed by atoms with Gasteiger partial charge in [0.2, 0.25) is 0 Å². The minimum absolute atomic E-state index is 0.0283. The predicted molar refractivity (Wildman–Crippen MR) is 86.3 cm³/mol. The summed E-state index contributed by atoms with van der Waals surface area (Å²) in [4.78, 5) is 22.9. The van der Waals surface area contributed by atoms with Crippen molar-refractivity contribution in [1.82, 2.24) is 10.6 Å². The van der Waals surface area contributed by atoms with E-state index < -0.39 is 5.97 Å². The van der Waals surface area contributed by atoms with Crippen LogP contribution in [0.15, 0.2) is 30.3 Å². The van der Waals surface area contributed by atoms with Crippen LogP contribution >= 0.6 is 0 Å². The number of carbonyl (C=O) groups is 2. The highest BCUT2D eigenvalue weighted by Crippen LogP contribution is 2.09. The number of benzene rings is 1. The van der Waals surface area contributed by atoms with Crippen molar-refractivity contribution in [3.63, 3.8) is 0 Å². The Morgan fingerprint density at radius 2 is 2.09 bits per heavy atom. The molecule has 1 unspecified atom stereocenters. The molecule has 126 valence electrons. The van der Waals surface area contributed by atoms with E-state index in [1.165, 1.54) is 0 Å². The highest BCUT2D eigenvalue weighted by Gasteiger charge is 2.19. The third-order valence-corrected chi connectivity index (χ3v) is 3.86. The van der Waals surface area contributed by atoms with E-state index >= 15 is 0 Å². The molecule has 0 radical (unpaired) electrons. The van der Waals surface area contributed by atoms with Gasteiger partial charge in [0.25, 0.3) is 0 Å². The predicted octanol–water partition coefficient (Wildman–Crippen LogP) is 1.94. The SMILES string of the molecule is O=C(O)CCC(Cc1ccccc1)NC(=O)N[C@H]1CCCOC1. The van der Waals surface area contributed by atoms with Crippen LogP contribution in [0.2, 0.25) is 0 Å². The quantitative estimate of drug-likeness (QED) is 0.716. The highest BCUT2D eigenvalue weighted by molar-refractivity contribution is 5.74. The smallest absolute Gasteiger partial charge is 0.315 e. The zero-order chi connectivity index (χ0) is 16.5. The van der Waals surface area contributed by atoms with Gasteiger partial charge >= 0.3 is 12.0 Å². The summed E-state index contributed by atoms with van der Waals surface area (Å²) in [7, 11) is 0. The number of hydrogen-bond donors (Lipinski definition) is 3. The lowest BCUT2D eigenvalue weighted by atomic mass is 10.0. The van der Waals surface area contributed by atoms with E-state index in [1.54, 1.807) is 0 Å². The van der Waals surface area contributed by atoms with E-state index in [4.69, 9.17) is 9.84 Å². The molecule has 1 heterocycles. The number of urea groups is 1. The molecular weight excluding hydrogens is 296 g/mol. The number of aliphatic carboxylic acids is 1. The summed E-state index contributed by atoms with van der Waals surface area (Å²) in [6, 6.07) is 9.31. The lowest BCUT2D eigenvalue weighted by Crippen LogP contribution is -2.49. The van der Waals surface area contributed by atoms with Crippen LogP contribution in [-0.4, -0.2) is 42.4 Å². The lowest BCUT2D eigenvalue weighted by Gasteiger charge is -2.25.